The molecule has 0 amide bonds. The first-order valence-corrected chi connectivity index (χ1v) is 8.42. The Morgan fingerprint density at radius 2 is 1.90 bits per heavy atom. The third-order valence-electron chi connectivity index (χ3n) is 2.89. The topological polar surface area (TPSA) is 78.6 Å². The van der Waals surface area contributed by atoms with Crippen LogP contribution in [0.5, 0.6) is 11.5 Å². The van der Waals surface area contributed by atoms with E-state index in [4.69, 9.17) is 15.2 Å². The molecule has 1 aromatic carbocycles. The maximum absolute atomic E-state index is 11.7. The minimum absolute atomic E-state index is 0.00509. The van der Waals surface area contributed by atoms with Crippen molar-refractivity contribution in [3.05, 3.63) is 23.8 Å². The second-order valence-corrected chi connectivity index (χ2v) is 7.36. The van der Waals surface area contributed by atoms with Gasteiger partial charge in [0.25, 0.3) is 0 Å². The molecule has 114 valence electrons. The lowest BCUT2D eigenvalue weighted by Gasteiger charge is -2.14. The van der Waals surface area contributed by atoms with Gasteiger partial charge in [-0.05, 0) is 38.5 Å². The van der Waals surface area contributed by atoms with Crippen LogP contribution in [0.2, 0.25) is 0 Å². The van der Waals surface area contributed by atoms with Crippen molar-refractivity contribution in [1.82, 2.24) is 0 Å². The van der Waals surface area contributed by atoms with Gasteiger partial charge in [-0.3, -0.25) is 0 Å². The summed E-state index contributed by atoms with van der Waals surface area (Å²) in [6, 6.07) is 5.42. The van der Waals surface area contributed by atoms with Crippen LogP contribution in [-0.4, -0.2) is 32.6 Å². The summed E-state index contributed by atoms with van der Waals surface area (Å²) in [6.07, 6.45) is 0. The molecule has 20 heavy (non-hydrogen) atoms. The number of hydrogen-bond acceptors (Lipinski definition) is 5. The number of sulfone groups is 1. The zero-order valence-electron chi connectivity index (χ0n) is 12.3. The number of ether oxygens (including phenoxy) is 2. The molecule has 0 saturated heterocycles. The van der Waals surface area contributed by atoms with E-state index in [0.717, 1.165) is 5.56 Å². The summed E-state index contributed by atoms with van der Waals surface area (Å²) in [4.78, 5) is 0. The van der Waals surface area contributed by atoms with Crippen molar-refractivity contribution < 1.29 is 17.9 Å². The summed E-state index contributed by atoms with van der Waals surface area (Å²) in [5, 5.41) is -0.392. The third-order valence-corrected chi connectivity index (χ3v) is 5.06. The highest BCUT2D eigenvalue weighted by atomic mass is 32.2. The Bertz CT molecular complexity index is 526. The van der Waals surface area contributed by atoms with E-state index < -0.39 is 15.1 Å². The van der Waals surface area contributed by atoms with E-state index >= 15 is 0 Å². The highest BCUT2D eigenvalue weighted by molar-refractivity contribution is 7.91. The van der Waals surface area contributed by atoms with Crippen LogP contribution in [0.4, 0.5) is 0 Å². The van der Waals surface area contributed by atoms with Crippen LogP contribution in [0.15, 0.2) is 18.2 Å². The molecular formula is C14H23NO4S. The molecule has 0 aromatic heterocycles. The van der Waals surface area contributed by atoms with Crippen molar-refractivity contribution in [1.29, 1.82) is 0 Å². The van der Waals surface area contributed by atoms with Gasteiger partial charge in [-0.1, -0.05) is 6.07 Å². The molecule has 0 aliphatic heterocycles. The van der Waals surface area contributed by atoms with Gasteiger partial charge in [0.1, 0.15) is 6.61 Å². The molecule has 5 nitrogen and oxygen atoms in total. The maximum Gasteiger partial charge on any atom is 0.161 e. The van der Waals surface area contributed by atoms with Crippen molar-refractivity contribution in [2.24, 2.45) is 5.73 Å². The molecule has 0 bridgehead atoms. The number of nitrogens with two attached hydrogens (primary N) is 1. The van der Waals surface area contributed by atoms with Gasteiger partial charge in [0, 0.05) is 6.54 Å². The van der Waals surface area contributed by atoms with Gasteiger partial charge in [-0.25, -0.2) is 8.42 Å². The molecule has 0 aliphatic carbocycles. The van der Waals surface area contributed by atoms with Gasteiger partial charge in [-0.15, -0.1) is 0 Å². The zero-order valence-corrected chi connectivity index (χ0v) is 13.1. The van der Waals surface area contributed by atoms with Crippen molar-refractivity contribution in [3.63, 3.8) is 0 Å². The molecular weight excluding hydrogens is 278 g/mol. The molecule has 0 atom stereocenters. The highest BCUT2D eigenvalue weighted by Crippen LogP contribution is 2.28. The van der Waals surface area contributed by atoms with E-state index in [1.54, 1.807) is 19.9 Å². The Labute approximate surface area is 121 Å². The fourth-order valence-electron chi connectivity index (χ4n) is 1.57. The lowest BCUT2D eigenvalue weighted by Crippen LogP contribution is -2.22. The van der Waals surface area contributed by atoms with Gasteiger partial charge in [0.15, 0.2) is 21.3 Å². The van der Waals surface area contributed by atoms with Crippen LogP contribution in [-0.2, 0) is 16.4 Å². The molecule has 6 heteroatoms. The van der Waals surface area contributed by atoms with E-state index in [2.05, 4.69) is 0 Å². The van der Waals surface area contributed by atoms with Crippen LogP contribution in [0.25, 0.3) is 0 Å². The zero-order chi connectivity index (χ0) is 15.2. The Kier molecular flexibility index (Phi) is 6.29. The molecule has 1 aromatic rings. The first-order chi connectivity index (χ1) is 9.40. The third kappa shape index (κ3) is 4.68. The number of rotatable bonds is 8. The van der Waals surface area contributed by atoms with Crippen molar-refractivity contribution in [2.75, 3.05) is 19.0 Å². The maximum atomic E-state index is 11.7. The Balaban J connectivity index is 2.72. The fourth-order valence-corrected chi connectivity index (χ4v) is 2.36. The van der Waals surface area contributed by atoms with E-state index in [0.29, 0.717) is 24.7 Å². The molecule has 2 N–H and O–H groups in total. The first kappa shape index (κ1) is 16.8. The van der Waals surface area contributed by atoms with Crippen LogP contribution in [0.3, 0.4) is 0 Å². The predicted octanol–water partition coefficient (Wildman–Crippen LogP) is 1.75. The summed E-state index contributed by atoms with van der Waals surface area (Å²) in [5.74, 6) is 1.13. The second kappa shape index (κ2) is 7.50. The fraction of sp³-hybridized carbons (Fsp3) is 0.571. The van der Waals surface area contributed by atoms with Gasteiger partial charge in [0.2, 0.25) is 0 Å². The summed E-state index contributed by atoms with van der Waals surface area (Å²) >= 11 is 0. The highest BCUT2D eigenvalue weighted by Gasteiger charge is 2.16. The quantitative estimate of drug-likeness (QED) is 0.791. The van der Waals surface area contributed by atoms with E-state index in [-0.39, 0.29) is 12.4 Å². The Morgan fingerprint density at radius 3 is 2.45 bits per heavy atom. The van der Waals surface area contributed by atoms with Gasteiger partial charge >= 0.3 is 0 Å². The van der Waals surface area contributed by atoms with Crippen molar-refractivity contribution in [3.8, 4) is 11.5 Å². The van der Waals surface area contributed by atoms with Crippen LogP contribution >= 0.6 is 0 Å². The lowest BCUT2D eigenvalue weighted by molar-refractivity contribution is 0.288. The monoisotopic (exact) mass is 301 g/mol. The molecule has 0 aliphatic rings. The van der Waals surface area contributed by atoms with Crippen molar-refractivity contribution in [2.45, 2.75) is 32.6 Å². The molecule has 1 rings (SSSR count). The van der Waals surface area contributed by atoms with Gasteiger partial charge in [-0.2, -0.15) is 0 Å². The normalized spacial score (nSPS) is 11.7. The molecule has 0 heterocycles. The van der Waals surface area contributed by atoms with Crippen LogP contribution in [0.1, 0.15) is 26.3 Å². The molecule has 0 saturated carbocycles. The minimum atomic E-state index is -3.09. The smallest absolute Gasteiger partial charge is 0.161 e. The summed E-state index contributed by atoms with van der Waals surface area (Å²) in [7, 11) is -3.09. The molecule has 0 radical (unpaired) electrons. The average Bonchev–Trinajstić information content (AvgIpc) is 2.40. The molecule has 0 spiro atoms. The summed E-state index contributed by atoms with van der Waals surface area (Å²) in [5.41, 5.74) is 6.52. The lowest BCUT2D eigenvalue weighted by atomic mass is 10.2. The predicted molar refractivity (Wildman–Crippen MR) is 79.9 cm³/mol. The van der Waals surface area contributed by atoms with E-state index in [1.807, 2.05) is 19.1 Å². The van der Waals surface area contributed by atoms with E-state index in [9.17, 15) is 8.42 Å². The standard InChI is InChI=1S/C14H23NO4S/c1-4-18-14-9-12(10-15)5-6-13(14)19-7-8-20(16,17)11(2)3/h5-6,9,11H,4,7-8,10,15H2,1-3H3. The summed E-state index contributed by atoms with van der Waals surface area (Å²) < 4.78 is 34.4. The SMILES string of the molecule is CCOc1cc(CN)ccc1OCCS(=O)(=O)C(C)C. The Hall–Kier alpha value is -1.27. The minimum Gasteiger partial charge on any atom is -0.490 e. The van der Waals surface area contributed by atoms with Gasteiger partial charge in [0.05, 0.1) is 17.6 Å². The van der Waals surface area contributed by atoms with Crippen molar-refractivity contribution >= 4 is 9.84 Å². The molecule has 0 fully saturated rings. The molecule has 0 unspecified atom stereocenters. The Morgan fingerprint density at radius 1 is 1.20 bits per heavy atom. The van der Waals surface area contributed by atoms with E-state index in [1.165, 1.54) is 0 Å². The number of hydrogen-bond donors (Lipinski definition) is 1. The average molecular weight is 301 g/mol. The van der Waals surface area contributed by atoms with Crippen LogP contribution in [0, 0.1) is 0 Å². The second-order valence-electron chi connectivity index (χ2n) is 4.68. The summed E-state index contributed by atoms with van der Waals surface area (Å²) in [6.45, 7) is 6.25. The van der Waals surface area contributed by atoms with Gasteiger partial charge < -0.3 is 15.2 Å². The van der Waals surface area contributed by atoms with Crippen LogP contribution < -0.4 is 15.2 Å². The first-order valence-electron chi connectivity index (χ1n) is 6.70. The number of benzene rings is 1. The largest absolute Gasteiger partial charge is 0.490 e.